The average molecular weight is 327 g/mol. The van der Waals surface area contributed by atoms with Gasteiger partial charge in [-0.05, 0) is 50.1 Å². The maximum atomic E-state index is 9.33. The lowest BCUT2D eigenvalue weighted by Gasteiger charge is -2.07. The van der Waals surface area contributed by atoms with Gasteiger partial charge in [-0.15, -0.1) is 0 Å². The van der Waals surface area contributed by atoms with Gasteiger partial charge in [0.15, 0.2) is 11.8 Å². The van der Waals surface area contributed by atoms with Crippen molar-refractivity contribution in [1.82, 2.24) is 0 Å². The zero-order valence-corrected chi connectivity index (χ0v) is 14.8. The average Bonchev–Trinajstić information content (AvgIpc) is 2.95. The third kappa shape index (κ3) is 2.30. The Labute approximate surface area is 146 Å². The molecule has 3 heteroatoms. The summed E-state index contributed by atoms with van der Waals surface area (Å²) in [7, 11) is 2.08. The van der Waals surface area contributed by atoms with Crippen molar-refractivity contribution in [3.8, 4) is 17.3 Å². The summed E-state index contributed by atoms with van der Waals surface area (Å²) in [5, 5.41) is 11.4. The van der Waals surface area contributed by atoms with E-state index in [0.29, 0.717) is 11.1 Å². The molecule has 0 aliphatic carbocycles. The van der Waals surface area contributed by atoms with E-state index >= 15 is 0 Å². The molecule has 0 radical (unpaired) electrons. The zero-order chi connectivity index (χ0) is 17.7. The van der Waals surface area contributed by atoms with E-state index in [1.807, 2.05) is 12.1 Å². The lowest BCUT2D eigenvalue weighted by molar-refractivity contribution is -0.660. The number of fused-ring (bicyclic) bond motifs is 3. The van der Waals surface area contributed by atoms with E-state index in [1.54, 1.807) is 6.07 Å². The van der Waals surface area contributed by atoms with Crippen molar-refractivity contribution in [2.75, 3.05) is 0 Å². The highest BCUT2D eigenvalue weighted by Gasteiger charge is 2.18. The Morgan fingerprint density at radius 2 is 1.76 bits per heavy atom. The summed E-state index contributed by atoms with van der Waals surface area (Å²) in [6.45, 7) is 6.36. The number of aromatic nitrogens is 1. The molecule has 0 aliphatic rings. The van der Waals surface area contributed by atoms with Crippen molar-refractivity contribution in [3.05, 3.63) is 64.8 Å². The largest absolute Gasteiger partial charge is 0.455 e. The van der Waals surface area contributed by atoms with E-state index < -0.39 is 0 Å². The van der Waals surface area contributed by atoms with Crippen LogP contribution < -0.4 is 4.57 Å². The van der Waals surface area contributed by atoms with Crippen LogP contribution in [0.5, 0.6) is 0 Å². The van der Waals surface area contributed by atoms with Gasteiger partial charge in [-0.1, -0.05) is 12.1 Å². The van der Waals surface area contributed by atoms with Crippen LogP contribution in [0.4, 0.5) is 0 Å². The number of hydrogen-bond acceptors (Lipinski definition) is 2. The summed E-state index contributed by atoms with van der Waals surface area (Å²) in [6.07, 6.45) is 2.16. The molecule has 4 rings (SSSR count). The predicted molar refractivity (Wildman–Crippen MR) is 99.3 cm³/mol. The fourth-order valence-corrected chi connectivity index (χ4v) is 3.46. The molecule has 122 valence electrons. The van der Waals surface area contributed by atoms with Gasteiger partial charge in [0.1, 0.15) is 18.7 Å². The third-order valence-electron chi connectivity index (χ3n) is 4.98. The molecule has 2 aromatic carbocycles. The number of benzene rings is 2. The highest BCUT2D eigenvalue weighted by molar-refractivity contribution is 6.08. The Hall–Kier alpha value is -3.12. The first-order chi connectivity index (χ1) is 12.0. The Bertz CT molecular complexity index is 1190. The van der Waals surface area contributed by atoms with Crippen LogP contribution in [0.25, 0.3) is 33.2 Å². The van der Waals surface area contributed by atoms with E-state index in [-0.39, 0.29) is 0 Å². The molecule has 0 aliphatic heterocycles. The lowest BCUT2D eigenvalue weighted by atomic mass is 9.99. The second-order valence-corrected chi connectivity index (χ2v) is 6.70. The maximum Gasteiger partial charge on any atom is 0.212 e. The quantitative estimate of drug-likeness (QED) is 0.468. The highest BCUT2D eigenvalue weighted by atomic mass is 16.3. The molecule has 4 aromatic rings. The topological polar surface area (TPSA) is 40.8 Å². The molecule has 2 heterocycles. The Morgan fingerprint density at radius 3 is 2.52 bits per heavy atom. The van der Waals surface area contributed by atoms with Gasteiger partial charge >= 0.3 is 0 Å². The molecular formula is C22H19N2O+. The zero-order valence-electron chi connectivity index (χ0n) is 14.8. The SMILES string of the molecule is Cc1cc(-c2cc3c(cc2C)oc2c(C#N)cccc23)[n+](C)cc1C. The van der Waals surface area contributed by atoms with Gasteiger partial charge in [-0.25, -0.2) is 4.57 Å². The minimum Gasteiger partial charge on any atom is -0.455 e. The summed E-state index contributed by atoms with van der Waals surface area (Å²) in [5.74, 6) is 0. The molecule has 0 saturated heterocycles. The lowest BCUT2D eigenvalue weighted by Crippen LogP contribution is -2.31. The number of aryl methyl sites for hydroxylation is 4. The molecule has 0 unspecified atom stereocenters. The van der Waals surface area contributed by atoms with Crippen LogP contribution in [-0.4, -0.2) is 0 Å². The van der Waals surface area contributed by atoms with Gasteiger partial charge in [0.25, 0.3) is 0 Å². The van der Waals surface area contributed by atoms with Gasteiger partial charge in [-0.2, -0.15) is 5.26 Å². The van der Waals surface area contributed by atoms with Crippen LogP contribution in [0.15, 0.2) is 47.0 Å². The first kappa shape index (κ1) is 15.4. The summed E-state index contributed by atoms with van der Waals surface area (Å²) >= 11 is 0. The van der Waals surface area contributed by atoms with Crippen molar-refractivity contribution < 1.29 is 8.98 Å². The molecule has 0 spiro atoms. The van der Waals surface area contributed by atoms with Crippen molar-refractivity contribution in [2.24, 2.45) is 7.05 Å². The minimum absolute atomic E-state index is 0.574. The van der Waals surface area contributed by atoms with E-state index in [1.165, 1.54) is 22.4 Å². The van der Waals surface area contributed by atoms with Crippen molar-refractivity contribution in [1.29, 1.82) is 5.26 Å². The monoisotopic (exact) mass is 327 g/mol. The Balaban J connectivity index is 2.07. The second-order valence-electron chi connectivity index (χ2n) is 6.70. The Morgan fingerprint density at radius 1 is 0.960 bits per heavy atom. The van der Waals surface area contributed by atoms with Crippen LogP contribution in [0.3, 0.4) is 0 Å². The summed E-state index contributed by atoms with van der Waals surface area (Å²) in [5.41, 5.74) is 8.13. The molecule has 0 saturated carbocycles. The number of para-hydroxylation sites is 1. The van der Waals surface area contributed by atoms with Gasteiger partial charge in [0, 0.05) is 28.0 Å². The summed E-state index contributed by atoms with van der Waals surface area (Å²) in [6, 6.07) is 14.4. The van der Waals surface area contributed by atoms with E-state index in [2.05, 4.69) is 62.9 Å². The standard InChI is InChI=1S/C22H19N2O/c1-13-8-20(24(4)12-15(13)3)18-10-19-17-7-5-6-16(11-23)22(17)25-21(19)9-14(18)2/h5-10,12H,1-4H3/q+1. The number of pyridine rings is 1. The van der Waals surface area contributed by atoms with Crippen LogP contribution in [0.2, 0.25) is 0 Å². The molecule has 0 N–H and O–H groups in total. The van der Waals surface area contributed by atoms with Gasteiger partial charge in [0.2, 0.25) is 5.69 Å². The smallest absolute Gasteiger partial charge is 0.212 e. The number of hydrogen-bond donors (Lipinski definition) is 0. The van der Waals surface area contributed by atoms with Gasteiger partial charge < -0.3 is 4.42 Å². The van der Waals surface area contributed by atoms with Gasteiger partial charge in [-0.3, -0.25) is 0 Å². The number of furan rings is 1. The Kier molecular flexibility index (Phi) is 3.36. The maximum absolute atomic E-state index is 9.33. The van der Waals surface area contributed by atoms with Crippen LogP contribution in [-0.2, 0) is 7.05 Å². The first-order valence-electron chi connectivity index (χ1n) is 8.33. The number of nitriles is 1. The van der Waals surface area contributed by atoms with Crippen molar-refractivity contribution >= 4 is 21.9 Å². The molecule has 3 nitrogen and oxygen atoms in total. The highest BCUT2D eigenvalue weighted by Crippen LogP contribution is 2.35. The van der Waals surface area contributed by atoms with Gasteiger partial charge in [0.05, 0.1) is 5.56 Å². The fraction of sp³-hybridized carbons (Fsp3) is 0.182. The van der Waals surface area contributed by atoms with E-state index in [4.69, 9.17) is 4.42 Å². The van der Waals surface area contributed by atoms with Crippen molar-refractivity contribution in [2.45, 2.75) is 20.8 Å². The molecule has 0 atom stereocenters. The molecule has 0 bridgehead atoms. The van der Waals surface area contributed by atoms with Crippen LogP contribution in [0, 0.1) is 32.1 Å². The second kappa shape index (κ2) is 5.46. The normalized spacial score (nSPS) is 11.2. The number of nitrogens with zero attached hydrogens (tertiary/aromatic N) is 2. The van der Waals surface area contributed by atoms with E-state index in [9.17, 15) is 5.26 Å². The first-order valence-corrected chi connectivity index (χ1v) is 8.33. The molecule has 25 heavy (non-hydrogen) atoms. The predicted octanol–water partition coefficient (Wildman–Crippen LogP) is 4.87. The number of rotatable bonds is 1. The van der Waals surface area contributed by atoms with Crippen molar-refractivity contribution in [3.63, 3.8) is 0 Å². The van der Waals surface area contributed by atoms with E-state index in [0.717, 1.165) is 21.9 Å². The van der Waals surface area contributed by atoms with Crippen LogP contribution >= 0.6 is 0 Å². The van der Waals surface area contributed by atoms with Crippen LogP contribution in [0.1, 0.15) is 22.3 Å². The summed E-state index contributed by atoms with van der Waals surface area (Å²) in [4.78, 5) is 0. The minimum atomic E-state index is 0.574. The molecule has 0 fully saturated rings. The molecule has 0 amide bonds. The third-order valence-corrected chi connectivity index (χ3v) is 4.98. The molecular weight excluding hydrogens is 308 g/mol. The fourth-order valence-electron chi connectivity index (χ4n) is 3.46. The molecule has 2 aromatic heterocycles. The summed E-state index contributed by atoms with van der Waals surface area (Å²) < 4.78 is 8.16.